The van der Waals surface area contributed by atoms with E-state index in [1.807, 2.05) is 0 Å². The van der Waals surface area contributed by atoms with Crippen LogP contribution in [-0.4, -0.2) is 47.8 Å². The molecule has 2 fully saturated rings. The van der Waals surface area contributed by atoms with Gasteiger partial charge in [0, 0.05) is 12.5 Å². The van der Waals surface area contributed by atoms with Crippen molar-refractivity contribution in [2.45, 2.75) is 51.6 Å². The van der Waals surface area contributed by atoms with Crippen molar-refractivity contribution in [3.05, 3.63) is 0 Å². The maximum Gasteiger partial charge on any atom is 0.252 e. The minimum Gasteiger partial charge on any atom is -0.344 e. The molecule has 0 aromatic carbocycles. The van der Waals surface area contributed by atoms with Crippen LogP contribution in [0.5, 0.6) is 0 Å². The van der Waals surface area contributed by atoms with E-state index in [4.69, 9.17) is 0 Å². The van der Waals surface area contributed by atoms with Gasteiger partial charge in [0.25, 0.3) is 5.91 Å². The number of rotatable bonds is 5. The third-order valence-electron chi connectivity index (χ3n) is 3.98. The Hall–Kier alpha value is -1.14. The summed E-state index contributed by atoms with van der Waals surface area (Å²) >= 11 is 0. The van der Waals surface area contributed by atoms with Gasteiger partial charge in [-0.1, -0.05) is 0 Å². The highest BCUT2D eigenvalue weighted by Gasteiger charge is 2.40. The molecule has 0 aromatic heterocycles. The lowest BCUT2D eigenvalue weighted by Gasteiger charge is -2.19. The van der Waals surface area contributed by atoms with Crippen LogP contribution in [0.3, 0.4) is 0 Å². The summed E-state index contributed by atoms with van der Waals surface area (Å²) in [5, 5.41) is 5.96. The summed E-state index contributed by atoms with van der Waals surface area (Å²) in [6.07, 6.45) is 2.45. The molecule has 0 radical (unpaired) electrons. The summed E-state index contributed by atoms with van der Waals surface area (Å²) in [6.45, 7) is 5.58. The standard InChI is InChI=1S/C14H23N3O3.ClH/c1-9(2)17-13(19)7-11(14(17)20)16-12(18)4-3-10-5-6-15-8-10;/h9-11,15H,3-8H2,1-2H3,(H,16,18);1H. The minimum absolute atomic E-state index is 0. The predicted octanol–water partition coefficient (Wildman–Crippen LogP) is 0.450. The first-order valence-electron chi connectivity index (χ1n) is 7.35. The van der Waals surface area contributed by atoms with E-state index in [-0.39, 0.29) is 42.6 Å². The second-order valence-corrected chi connectivity index (χ2v) is 5.92. The highest BCUT2D eigenvalue weighted by Crippen LogP contribution is 2.17. The summed E-state index contributed by atoms with van der Waals surface area (Å²) in [5.41, 5.74) is 0. The van der Waals surface area contributed by atoms with E-state index in [0.29, 0.717) is 12.3 Å². The van der Waals surface area contributed by atoms with Gasteiger partial charge < -0.3 is 10.6 Å². The first-order valence-corrected chi connectivity index (χ1v) is 7.35. The normalized spacial score (nSPS) is 25.4. The Morgan fingerprint density at radius 1 is 1.43 bits per heavy atom. The van der Waals surface area contributed by atoms with Crippen molar-refractivity contribution in [3.8, 4) is 0 Å². The quantitative estimate of drug-likeness (QED) is 0.722. The molecule has 120 valence electrons. The average molecular weight is 318 g/mol. The minimum atomic E-state index is -0.667. The van der Waals surface area contributed by atoms with Gasteiger partial charge in [0.2, 0.25) is 11.8 Å². The number of likely N-dealkylation sites (tertiary alicyclic amines) is 1. The Labute approximate surface area is 131 Å². The van der Waals surface area contributed by atoms with Gasteiger partial charge in [-0.2, -0.15) is 0 Å². The molecule has 0 aromatic rings. The van der Waals surface area contributed by atoms with E-state index >= 15 is 0 Å². The SMILES string of the molecule is CC(C)N1C(=O)CC(NC(=O)CCC2CCNC2)C1=O.Cl. The number of amides is 3. The molecule has 6 nitrogen and oxygen atoms in total. The Kier molecular flexibility index (Phi) is 6.61. The fourth-order valence-corrected chi connectivity index (χ4v) is 2.87. The molecular formula is C14H24ClN3O3. The van der Waals surface area contributed by atoms with Crippen molar-refractivity contribution in [3.63, 3.8) is 0 Å². The maximum atomic E-state index is 12.0. The molecule has 2 saturated heterocycles. The van der Waals surface area contributed by atoms with Crippen molar-refractivity contribution in [1.82, 2.24) is 15.5 Å². The van der Waals surface area contributed by atoms with Crippen LogP contribution in [0, 0.1) is 5.92 Å². The average Bonchev–Trinajstić information content (AvgIpc) is 2.96. The van der Waals surface area contributed by atoms with Crippen molar-refractivity contribution >= 4 is 30.1 Å². The summed E-state index contributed by atoms with van der Waals surface area (Å²) in [6, 6.07) is -0.819. The van der Waals surface area contributed by atoms with Crippen LogP contribution in [0.25, 0.3) is 0 Å². The monoisotopic (exact) mass is 317 g/mol. The van der Waals surface area contributed by atoms with Crippen LogP contribution in [0.4, 0.5) is 0 Å². The van der Waals surface area contributed by atoms with E-state index in [1.165, 1.54) is 4.90 Å². The zero-order chi connectivity index (χ0) is 14.7. The molecule has 0 saturated carbocycles. The van der Waals surface area contributed by atoms with Crippen LogP contribution < -0.4 is 10.6 Å². The van der Waals surface area contributed by atoms with Crippen molar-refractivity contribution in [2.75, 3.05) is 13.1 Å². The fourth-order valence-electron chi connectivity index (χ4n) is 2.87. The molecule has 0 aliphatic carbocycles. The van der Waals surface area contributed by atoms with Gasteiger partial charge in [0.15, 0.2) is 0 Å². The van der Waals surface area contributed by atoms with Gasteiger partial charge in [-0.05, 0) is 45.7 Å². The van der Waals surface area contributed by atoms with E-state index in [9.17, 15) is 14.4 Å². The third kappa shape index (κ3) is 4.41. The Balaban J connectivity index is 0.00000220. The number of hydrogen-bond acceptors (Lipinski definition) is 4. The highest BCUT2D eigenvalue weighted by molar-refractivity contribution is 6.07. The van der Waals surface area contributed by atoms with Crippen LogP contribution in [-0.2, 0) is 14.4 Å². The molecule has 21 heavy (non-hydrogen) atoms. The lowest BCUT2D eigenvalue weighted by molar-refractivity contribution is -0.141. The van der Waals surface area contributed by atoms with Gasteiger partial charge in [-0.3, -0.25) is 19.3 Å². The lowest BCUT2D eigenvalue weighted by atomic mass is 10.0. The van der Waals surface area contributed by atoms with E-state index < -0.39 is 6.04 Å². The molecule has 2 aliphatic heterocycles. The first kappa shape index (κ1) is 17.9. The third-order valence-corrected chi connectivity index (χ3v) is 3.98. The Morgan fingerprint density at radius 2 is 2.14 bits per heavy atom. The van der Waals surface area contributed by atoms with Gasteiger partial charge in [-0.25, -0.2) is 0 Å². The summed E-state index contributed by atoms with van der Waals surface area (Å²) in [5.74, 6) is -0.0568. The number of imide groups is 1. The van der Waals surface area contributed by atoms with Crippen LogP contribution >= 0.6 is 12.4 Å². The summed E-state index contributed by atoms with van der Waals surface area (Å²) < 4.78 is 0. The number of nitrogens with zero attached hydrogens (tertiary/aromatic N) is 1. The van der Waals surface area contributed by atoms with Crippen LogP contribution in [0.2, 0.25) is 0 Å². The second-order valence-electron chi connectivity index (χ2n) is 5.92. The Morgan fingerprint density at radius 3 is 2.67 bits per heavy atom. The van der Waals surface area contributed by atoms with E-state index in [0.717, 1.165) is 25.9 Å². The second kappa shape index (κ2) is 7.75. The molecule has 2 rings (SSSR count). The van der Waals surface area contributed by atoms with Crippen molar-refractivity contribution in [1.29, 1.82) is 0 Å². The molecule has 2 heterocycles. The number of nitrogens with one attached hydrogen (secondary N) is 2. The molecule has 2 atom stereocenters. The van der Waals surface area contributed by atoms with Crippen LogP contribution in [0.1, 0.15) is 39.5 Å². The molecule has 2 N–H and O–H groups in total. The maximum absolute atomic E-state index is 12.0. The van der Waals surface area contributed by atoms with Gasteiger partial charge >= 0.3 is 0 Å². The zero-order valence-electron chi connectivity index (χ0n) is 12.6. The van der Waals surface area contributed by atoms with E-state index in [1.54, 1.807) is 13.8 Å². The van der Waals surface area contributed by atoms with Gasteiger partial charge in [-0.15, -0.1) is 12.4 Å². The molecule has 3 amide bonds. The van der Waals surface area contributed by atoms with Gasteiger partial charge in [0.1, 0.15) is 6.04 Å². The first-order chi connectivity index (χ1) is 9.49. The van der Waals surface area contributed by atoms with Crippen molar-refractivity contribution < 1.29 is 14.4 Å². The predicted molar refractivity (Wildman–Crippen MR) is 81.0 cm³/mol. The fraction of sp³-hybridized carbons (Fsp3) is 0.786. The summed E-state index contributed by atoms with van der Waals surface area (Å²) in [4.78, 5) is 36.9. The number of carbonyl (C=O) groups is 3. The topological polar surface area (TPSA) is 78.5 Å². The zero-order valence-corrected chi connectivity index (χ0v) is 13.4. The largest absolute Gasteiger partial charge is 0.344 e. The molecule has 7 heteroatoms. The molecule has 2 unspecified atom stereocenters. The van der Waals surface area contributed by atoms with E-state index in [2.05, 4.69) is 10.6 Å². The lowest BCUT2D eigenvalue weighted by Crippen LogP contribution is -2.43. The molecule has 0 bridgehead atoms. The highest BCUT2D eigenvalue weighted by atomic mass is 35.5. The Bertz CT molecular complexity index is 408. The smallest absolute Gasteiger partial charge is 0.252 e. The number of hydrogen-bond donors (Lipinski definition) is 2. The molecule has 0 spiro atoms. The molecule has 2 aliphatic rings. The summed E-state index contributed by atoms with van der Waals surface area (Å²) in [7, 11) is 0. The van der Waals surface area contributed by atoms with Crippen LogP contribution in [0.15, 0.2) is 0 Å². The van der Waals surface area contributed by atoms with Gasteiger partial charge in [0.05, 0.1) is 6.42 Å². The molecular weight excluding hydrogens is 294 g/mol. The number of carbonyl (C=O) groups excluding carboxylic acids is 3. The van der Waals surface area contributed by atoms with Crippen molar-refractivity contribution in [2.24, 2.45) is 5.92 Å². The number of halogens is 1.